The van der Waals surface area contributed by atoms with Crippen LogP contribution in [0.4, 0.5) is 0 Å². The lowest BCUT2D eigenvalue weighted by atomic mass is 10.1. The van der Waals surface area contributed by atoms with Gasteiger partial charge in [-0.05, 0) is 37.8 Å². The Morgan fingerprint density at radius 3 is 2.58 bits per heavy atom. The molecule has 2 aromatic rings. The molecule has 1 atom stereocenters. The average molecular weight is 329 g/mol. The molecule has 1 heterocycles. The third-order valence-electron chi connectivity index (χ3n) is 4.45. The Balaban J connectivity index is 2.22. The molecule has 1 amide bonds. The van der Waals surface area contributed by atoms with Crippen LogP contribution in [0.1, 0.15) is 45.6 Å². The van der Waals surface area contributed by atoms with Crippen LogP contribution in [-0.4, -0.2) is 21.1 Å². The molecule has 3 rings (SSSR count). The first-order valence-electron chi connectivity index (χ1n) is 8.62. The highest BCUT2D eigenvalue weighted by Gasteiger charge is 2.29. The summed E-state index contributed by atoms with van der Waals surface area (Å²) in [5.74, 6) is -0.144. The summed E-state index contributed by atoms with van der Waals surface area (Å²) in [4.78, 5) is 38.2. The fourth-order valence-electron chi connectivity index (χ4n) is 3.06. The van der Waals surface area contributed by atoms with Crippen LogP contribution in [0, 0.1) is 0 Å². The Hall–Kier alpha value is -2.37. The lowest BCUT2D eigenvalue weighted by molar-refractivity contribution is -0.124. The average Bonchev–Trinajstić information content (AvgIpc) is 3.39. The van der Waals surface area contributed by atoms with E-state index in [-0.39, 0.29) is 17.5 Å². The molecule has 0 bridgehead atoms. The summed E-state index contributed by atoms with van der Waals surface area (Å²) in [6.07, 6.45) is 3.16. The van der Waals surface area contributed by atoms with Gasteiger partial charge in [-0.25, -0.2) is 4.79 Å². The van der Waals surface area contributed by atoms with Gasteiger partial charge >= 0.3 is 5.69 Å². The summed E-state index contributed by atoms with van der Waals surface area (Å²) in [5.41, 5.74) is -0.165. The van der Waals surface area contributed by atoms with E-state index in [1.165, 1.54) is 9.13 Å². The van der Waals surface area contributed by atoms with Crippen LogP contribution < -0.4 is 16.6 Å². The van der Waals surface area contributed by atoms with E-state index in [0.29, 0.717) is 30.3 Å². The Morgan fingerprint density at radius 1 is 1.25 bits per heavy atom. The number of fused-ring (bicyclic) bond motifs is 1. The van der Waals surface area contributed by atoms with Crippen molar-refractivity contribution in [3.05, 3.63) is 45.1 Å². The standard InChI is InChI=1S/C18H23N3O3/c1-3-11-20-17(23)13-7-5-6-8-15(13)21(18(20)24)14(4-2)16(22)19-12-9-10-12/h5-8,12,14H,3-4,9-11H2,1-2H3,(H,19,22). The van der Waals surface area contributed by atoms with Gasteiger partial charge in [-0.1, -0.05) is 26.0 Å². The summed E-state index contributed by atoms with van der Waals surface area (Å²) in [5, 5.41) is 3.45. The van der Waals surface area contributed by atoms with Crippen LogP contribution >= 0.6 is 0 Å². The van der Waals surface area contributed by atoms with Crippen molar-refractivity contribution in [2.45, 2.75) is 58.2 Å². The van der Waals surface area contributed by atoms with Gasteiger partial charge in [-0.15, -0.1) is 0 Å². The minimum Gasteiger partial charge on any atom is -0.352 e. The van der Waals surface area contributed by atoms with Gasteiger partial charge in [0, 0.05) is 12.6 Å². The predicted molar refractivity (Wildman–Crippen MR) is 93.3 cm³/mol. The molecule has 128 valence electrons. The lowest BCUT2D eigenvalue weighted by Crippen LogP contribution is -2.45. The number of nitrogens with one attached hydrogen (secondary N) is 1. The minimum absolute atomic E-state index is 0.144. The number of benzene rings is 1. The van der Waals surface area contributed by atoms with Crippen molar-refractivity contribution in [3.63, 3.8) is 0 Å². The zero-order valence-corrected chi connectivity index (χ0v) is 14.1. The quantitative estimate of drug-likeness (QED) is 0.878. The molecule has 1 aliphatic rings. The van der Waals surface area contributed by atoms with Crippen molar-refractivity contribution >= 4 is 16.8 Å². The van der Waals surface area contributed by atoms with Crippen LogP contribution in [0.25, 0.3) is 10.9 Å². The van der Waals surface area contributed by atoms with E-state index in [2.05, 4.69) is 5.32 Å². The highest BCUT2D eigenvalue weighted by Crippen LogP contribution is 2.22. The van der Waals surface area contributed by atoms with Crippen molar-refractivity contribution in [2.24, 2.45) is 0 Å². The van der Waals surface area contributed by atoms with Gasteiger partial charge in [0.2, 0.25) is 5.91 Å². The molecular weight excluding hydrogens is 306 g/mol. The van der Waals surface area contributed by atoms with Crippen molar-refractivity contribution < 1.29 is 4.79 Å². The molecule has 0 radical (unpaired) electrons. The molecule has 1 saturated carbocycles. The second-order valence-corrected chi connectivity index (χ2v) is 6.33. The van der Waals surface area contributed by atoms with Gasteiger partial charge in [-0.3, -0.25) is 18.7 Å². The highest BCUT2D eigenvalue weighted by molar-refractivity contribution is 5.84. The summed E-state index contributed by atoms with van der Waals surface area (Å²) in [6, 6.07) is 6.64. The number of nitrogens with zero attached hydrogens (tertiary/aromatic N) is 2. The van der Waals surface area contributed by atoms with Gasteiger partial charge in [0.15, 0.2) is 0 Å². The predicted octanol–water partition coefficient (Wildman–Crippen LogP) is 1.80. The van der Waals surface area contributed by atoms with Crippen molar-refractivity contribution in [1.29, 1.82) is 0 Å². The van der Waals surface area contributed by atoms with E-state index in [1.807, 2.05) is 13.8 Å². The number of carbonyl (C=O) groups excluding carboxylic acids is 1. The maximum absolute atomic E-state index is 12.9. The number of hydrogen-bond acceptors (Lipinski definition) is 3. The van der Waals surface area contributed by atoms with Crippen LogP contribution in [0.5, 0.6) is 0 Å². The lowest BCUT2D eigenvalue weighted by Gasteiger charge is -2.21. The second kappa shape index (κ2) is 6.63. The topological polar surface area (TPSA) is 73.1 Å². The van der Waals surface area contributed by atoms with E-state index >= 15 is 0 Å². The summed E-state index contributed by atoms with van der Waals surface area (Å²) >= 11 is 0. The molecule has 1 N–H and O–H groups in total. The van der Waals surface area contributed by atoms with Gasteiger partial charge in [0.05, 0.1) is 10.9 Å². The van der Waals surface area contributed by atoms with Crippen LogP contribution in [0.2, 0.25) is 0 Å². The van der Waals surface area contributed by atoms with Gasteiger partial charge in [-0.2, -0.15) is 0 Å². The number of aromatic nitrogens is 2. The van der Waals surface area contributed by atoms with Gasteiger partial charge < -0.3 is 5.32 Å². The Labute approximate surface area is 140 Å². The third-order valence-corrected chi connectivity index (χ3v) is 4.45. The molecule has 1 aromatic carbocycles. The first-order chi connectivity index (χ1) is 11.6. The number of amides is 1. The molecule has 1 unspecified atom stereocenters. The summed E-state index contributed by atoms with van der Waals surface area (Å²) in [6.45, 7) is 4.15. The molecule has 1 fully saturated rings. The first-order valence-corrected chi connectivity index (χ1v) is 8.62. The number of para-hydroxylation sites is 1. The summed E-state index contributed by atoms with van der Waals surface area (Å²) in [7, 11) is 0. The largest absolute Gasteiger partial charge is 0.352 e. The molecule has 1 aromatic heterocycles. The van der Waals surface area contributed by atoms with E-state index < -0.39 is 11.7 Å². The Bertz CT molecular complexity index is 877. The molecule has 0 spiro atoms. The molecule has 6 nitrogen and oxygen atoms in total. The van der Waals surface area contributed by atoms with Crippen LogP contribution in [0.3, 0.4) is 0 Å². The normalized spacial score (nSPS) is 15.4. The Morgan fingerprint density at radius 2 is 1.96 bits per heavy atom. The SMILES string of the molecule is CCCn1c(=O)c2ccccc2n(C(CC)C(=O)NC2CC2)c1=O. The van der Waals surface area contributed by atoms with E-state index in [9.17, 15) is 14.4 Å². The van der Waals surface area contributed by atoms with Gasteiger partial charge in [0.1, 0.15) is 6.04 Å². The number of carbonyl (C=O) groups is 1. The molecule has 0 aliphatic heterocycles. The molecule has 1 aliphatic carbocycles. The monoisotopic (exact) mass is 329 g/mol. The smallest absolute Gasteiger partial charge is 0.332 e. The zero-order valence-electron chi connectivity index (χ0n) is 14.1. The van der Waals surface area contributed by atoms with Crippen molar-refractivity contribution in [1.82, 2.24) is 14.5 Å². The van der Waals surface area contributed by atoms with Crippen molar-refractivity contribution in [3.8, 4) is 0 Å². The minimum atomic E-state index is -0.605. The van der Waals surface area contributed by atoms with Crippen LogP contribution in [0.15, 0.2) is 33.9 Å². The van der Waals surface area contributed by atoms with Gasteiger partial charge in [0.25, 0.3) is 5.56 Å². The number of hydrogen-bond donors (Lipinski definition) is 1. The molecule has 24 heavy (non-hydrogen) atoms. The van der Waals surface area contributed by atoms with Crippen LogP contribution in [-0.2, 0) is 11.3 Å². The summed E-state index contributed by atoms with van der Waals surface area (Å²) < 4.78 is 2.74. The third kappa shape index (κ3) is 2.88. The molecular formula is C18H23N3O3. The molecule has 6 heteroatoms. The highest BCUT2D eigenvalue weighted by atomic mass is 16.2. The zero-order chi connectivity index (χ0) is 17.3. The molecule has 0 saturated heterocycles. The van der Waals surface area contributed by atoms with E-state index in [0.717, 1.165) is 12.8 Å². The van der Waals surface area contributed by atoms with Crippen molar-refractivity contribution in [2.75, 3.05) is 0 Å². The maximum Gasteiger partial charge on any atom is 0.332 e. The fourth-order valence-corrected chi connectivity index (χ4v) is 3.06. The van der Waals surface area contributed by atoms with E-state index in [4.69, 9.17) is 0 Å². The Kier molecular flexibility index (Phi) is 4.55. The fraction of sp³-hybridized carbons (Fsp3) is 0.500. The van der Waals surface area contributed by atoms with E-state index in [1.54, 1.807) is 24.3 Å². The number of rotatable bonds is 6. The maximum atomic E-state index is 12.9. The second-order valence-electron chi connectivity index (χ2n) is 6.33. The first kappa shape index (κ1) is 16.5.